The average molecular weight is 454 g/mol. The Kier molecular flexibility index (Phi) is 7.63. The van der Waals surface area contributed by atoms with Gasteiger partial charge in [0.1, 0.15) is 12.1 Å². The van der Waals surface area contributed by atoms with Crippen molar-refractivity contribution >= 4 is 44.3 Å². The summed E-state index contributed by atoms with van der Waals surface area (Å²) in [5.74, 6) is -1.34. The van der Waals surface area contributed by atoms with Gasteiger partial charge in [0.25, 0.3) is 0 Å². The second kappa shape index (κ2) is 9.59. The molecule has 0 N–H and O–H groups in total. The lowest BCUT2D eigenvalue weighted by atomic mass is 10.1. The number of hydrogen-bond donors (Lipinski definition) is 0. The Hall–Kier alpha value is -2.42. The third-order valence-corrected chi connectivity index (χ3v) is 5.94. The topological polar surface area (TPSA) is 90.0 Å². The predicted octanol–water partition coefficient (Wildman–Crippen LogP) is 3.55. The number of fused-ring (bicyclic) bond motifs is 1. The van der Waals surface area contributed by atoms with Gasteiger partial charge in [0.15, 0.2) is 0 Å². The van der Waals surface area contributed by atoms with Crippen LogP contribution in [0.15, 0.2) is 53.4 Å². The molecule has 9 heteroatoms. The maximum Gasteiger partial charge on any atom is 0.330 e. The second-order valence-electron chi connectivity index (χ2n) is 7.46. The molecule has 0 spiro atoms. The number of hydrogen-bond acceptors (Lipinski definition) is 6. The molecule has 0 amide bonds. The molecule has 0 fully saturated rings. The van der Waals surface area contributed by atoms with Crippen LogP contribution in [0.5, 0.6) is 0 Å². The van der Waals surface area contributed by atoms with E-state index in [0.717, 1.165) is 15.8 Å². The number of carbonyl (C=O) groups excluding carboxylic acids is 2. The summed E-state index contributed by atoms with van der Waals surface area (Å²) in [7, 11) is -2.85. The van der Waals surface area contributed by atoms with Gasteiger partial charge in [-0.3, -0.25) is 4.79 Å². The molecule has 30 heavy (non-hydrogen) atoms. The standard InChI is InChI=1S/C21H24ClNO6S/c1-21(2,3)29-20(25)14-23(11-5-6-19(24)28-4)30(26,27)18-10-8-15-12-17(22)9-7-16(15)13-18/h5-10,12-13H,11,14H2,1-4H3. The summed E-state index contributed by atoms with van der Waals surface area (Å²) in [4.78, 5) is 23.6. The molecule has 0 heterocycles. The van der Waals surface area contributed by atoms with E-state index < -0.39 is 34.1 Å². The van der Waals surface area contributed by atoms with Crippen LogP contribution in [0.1, 0.15) is 20.8 Å². The predicted molar refractivity (Wildman–Crippen MR) is 115 cm³/mol. The molecule has 0 aliphatic carbocycles. The second-order valence-corrected chi connectivity index (χ2v) is 9.84. The molecule has 0 aliphatic heterocycles. The minimum absolute atomic E-state index is 0.00680. The van der Waals surface area contributed by atoms with Crippen LogP contribution in [0, 0.1) is 0 Å². The Bertz CT molecular complexity index is 1070. The largest absolute Gasteiger partial charge is 0.466 e. The number of methoxy groups -OCH3 is 1. The van der Waals surface area contributed by atoms with Crippen molar-refractivity contribution in [3.63, 3.8) is 0 Å². The van der Waals surface area contributed by atoms with Crippen molar-refractivity contribution in [2.45, 2.75) is 31.3 Å². The normalized spacial score (nSPS) is 12.5. The highest BCUT2D eigenvalue weighted by atomic mass is 35.5. The molecule has 162 valence electrons. The smallest absolute Gasteiger partial charge is 0.330 e. The molecule has 0 unspecified atom stereocenters. The number of benzene rings is 2. The van der Waals surface area contributed by atoms with Crippen molar-refractivity contribution in [1.82, 2.24) is 4.31 Å². The van der Waals surface area contributed by atoms with Crippen molar-refractivity contribution in [2.24, 2.45) is 0 Å². The van der Waals surface area contributed by atoms with E-state index in [1.807, 2.05) is 0 Å². The van der Waals surface area contributed by atoms with Gasteiger partial charge in [-0.15, -0.1) is 0 Å². The van der Waals surface area contributed by atoms with Crippen LogP contribution < -0.4 is 0 Å². The van der Waals surface area contributed by atoms with Gasteiger partial charge in [0.05, 0.1) is 12.0 Å². The summed E-state index contributed by atoms with van der Waals surface area (Å²) in [6, 6.07) is 9.70. The molecule has 0 aromatic heterocycles. The molecule has 0 bridgehead atoms. The maximum absolute atomic E-state index is 13.2. The van der Waals surface area contributed by atoms with Gasteiger partial charge in [0, 0.05) is 17.6 Å². The number of nitrogens with zero attached hydrogens (tertiary/aromatic N) is 1. The fourth-order valence-corrected chi connectivity index (χ4v) is 4.16. The van der Waals surface area contributed by atoms with Gasteiger partial charge in [-0.05, 0) is 55.8 Å². The van der Waals surface area contributed by atoms with Gasteiger partial charge >= 0.3 is 11.9 Å². The summed E-state index contributed by atoms with van der Waals surface area (Å²) in [5, 5.41) is 2.01. The van der Waals surface area contributed by atoms with Crippen LogP contribution in [0.2, 0.25) is 5.02 Å². The lowest BCUT2D eigenvalue weighted by Gasteiger charge is -2.24. The monoisotopic (exact) mass is 453 g/mol. The molecule has 0 saturated carbocycles. The zero-order valence-electron chi connectivity index (χ0n) is 17.2. The molecule has 2 rings (SSSR count). The van der Waals surface area contributed by atoms with Gasteiger partial charge in [0.2, 0.25) is 10.0 Å². The number of ether oxygens (including phenoxy) is 2. The summed E-state index contributed by atoms with van der Waals surface area (Å²) < 4.78 is 37.2. The molecule has 2 aromatic rings. The Balaban J connectivity index is 2.38. The van der Waals surface area contributed by atoms with E-state index in [4.69, 9.17) is 16.3 Å². The van der Waals surface area contributed by atoms with Crippen molar-refractivity contribution in [1.29, 1.82) is 0 Å². The van der Waals surface area contributed by atoms with Gasteiger partial charge in [-0.2, -0.15) is 4.31 Å². The summed E-state index contributed by atoms with van der Waals surface area (Å²) >= 11 is 5.98. The third-order valence-electron chi connectivity index (χ3n) is 3.90. The van der Waals surface area contributed by atoms with Crippen LogP contribution in [0.4, 0.5) is 0 Å². The highest BCUT2D eigenvalue weighted by Gasteiger charge is 2.28. The summed E-state index contributed by atoms with van der Waals surface area (Å²) in [5.41, 5.74) is -0.767. The first-order valence-corrected chi connectivity index (χ1v) is 10.9. The van der Waals surface area contributed by atoms with E-state index in [-0.39, 0.29) is 11.4 Å². The Labute approximate surface area is 181 Å². The first-order chi connectivity index (χ1) is 13.9. The Morgan fingerprint density at radius 2 is 1.73 bits per heavy atom. The first-order valence-electron chi connectivity index (χ1n) is 9.08. The maximum atomic E-state index is 13.2. The zero-order chi connectivity index (χ0) is 22.5. The molecular weight excluding hydrogens is 430 g/mol. The number of esters is 2. The number of halogens is 1. The minimum Gasteiger partial charge on any atom is -0.466 e. The van der Waals surface area contributed by atoms with Crippen LogP contribution >= 0.6 is 11.6 Å². The number of sulfonamides is 1. The molecular formula is C21H24ClNO6S. The van der Waals surface area contributed by atoms with Crippen LogP contribution in [0.3, 0.4) is 0 Å². The van der Waals surface area contributed by atoms with Crippen molar-refractivity contribution in [2.75, 3.05) is 20.2 Å². The van der Waals surface area contributed by atoms with Gasteiger partial charge in [-0.1, -0.05) is 29.8 Å². The van der Waals surface area contributed by atoms with Gasteiger partial charge < -0.3 is 9.47 Å². The SMILES string of the molecule is COC(=O)C=CCN(CC(=O)OC(C)(C)C)S(=O)(=O)c1ccc2cc(Cl)ccc2c1. The highest BCUT2D eigenvalue weighted by Crippen LogP contribution is 2.24. The quantitative estimate of drug-likeness (QED) is 0.470. The molecule has 7 nitrogen and oxygen atoms in total. The minimum atomic E-state index is -4.06. The van der Waals surface area contributed by atoms with E-state index in [9.17, 15) is 18.0 Å². The van der Waals surface area contributed by atoms with Crippen molar-refractivity contribution < 1.29 is 27.5 Å². The lowest BCUT2D eigenvalue weighted by Crippen LogP contribution is -2.39. The lowest BCUT2D eigenvalue weighted by molar-refractivity contribution is -0.154. The summed E-state index contributed by atoms with van der Waals surface area (Å²) in [6.45, 7) is 4.35. The van der Waals surface area contributed by atoms with E-state index in [2.05, 4.69) is 4.74 Å². The Morgan fingerprint density at radius 1 is 1.10 bits per heavy atom. The molecule has 0 saturated heterocycles. The van der Waals surface area contributed by atoms with Gasteiger partial charge in [-0.25, -0.2) is 13.2 Å². The summed E-state index contributed by atoms with van der Waals surface area (Å²) in [6.07, 6.45) is 2.41. The fraction of sp³-hybridized carbons (Fsp3) is 0.333. The molecule has 0 radical (unpaired) electrons. The van der Waals surface area contributed by atoms with Crippen LogP contribution in [0.25, 0.3) is 10.8 Å². The van der Waals surface area contributed by atoms with E-state index in [1.54, 1.807) is 45.0 Å². The van der Waals surface area contributed by atoms with Crippen LogP contribution in [-0.2, 0) is 29.1 Å². The Morgan fingerprint density at radius 3 is 2.37 bits per heavy atom. The first kappa shape index (κ1) is 23.9. The van der Waals surface area contributed by atoms with Crippen molar-refractivity contribution in [3.05, 3.63) is 53.6 Å². The van der Waals surface area contributed by atoms with Crippen molar-refractivity contribution in [3.8, 4) is 0 Å². The van der Waals surface area contributed by atoms with E-state index in [0.29, 0.717) is 10.4 Å². The highest BCUT2D eigenvalue weighted by molar-refractivity contribution is 7.89. The number of rotatable bonds is 7. The fourth-order valence-electron chi connectivity index (χ4n) is 2.60. The molecule has 0 atom stereocenters. The van der Waals surface area contributed by atoms with E-state index >= 15 is 0 Å². The van der Waals surface area contributed by atoms with E-state index in [1.165, 1.54) is 25.3 Å². The zero-order valence-corrected chi connectivity index (χ0v) is 18.8. The van der Waals surface area contributed by atoms with Crippen LogP contribution in [-0.4, -0.2) is 50.5 Å². The molecule has 0 aliphatic rings. The average Bonchev–Trinajstić information content (AvgIpc) is 2.64. The third kappa shape index (κ3) is 6.55. The molecule has 2 aromatic carbocycles. The number of carbonyl (C=O) groups is 2.